The molecule has 9 heteroatoms. The second-order valence-electron chi connectivity index (χ2n) is 8.56. The fourth-order valence-corrected chi connectivity index (χ4v) is 4.19. The van der Waals surface area contributed by atoms with Gasteiger partial charge in [0.1, 0.15) is 5.75 Å². The van der Waals surface area contributed by atoms with E-state index in [-0.39, 0.29) is 22.3 Å². The molecule has 0 atom stereocenters. The second kappa shape index (κ2) is 11.0. The van der Waals surface area contributed by atoms with Crippen LogP contribution in [0.4, 0.5) is 17.1 Å². The maximum absolute atomic E-state index is 13.2. The summed E-state index contributed by atoms with van der Waals surface area (Å²) >= 11 is 6.17. The Morgan fingerprint density at radius 3 is 2.13 bits per heavy atom. The number of hydrazone groups is 1. The molecule has 0 saturated carbocycles. The van der Waals surface area contributed by atoms with E-state index in [4.69, 9.17) is 11.6 Å². The van der Waals surface area contributed by atoms with Crippen molar-refractivity contribution in [3.05, 3.63) is 130 Å². The largest absolute Gasteiger partial charge is 0.508 e. The van der Waals surface area contributed by atoms with Crippen molar-refractivity contribution in [3.63, 3.8) is 0 Å². The number of nitrogens with one attached hydrogen (secondary N) is 3. The number of amides is 2. The van der Waals surface area contributed by atoms with Crippen LogP contribution in [0.5, 0.6) is 5.75 Å². The number of phenolic OH excluding ortho intramolecular Hbond substituents is 1. The first-order valence-electron chi connectivity index (χ1n) is 11.8. The second-order valence-corrected chi connectivity index (χ2v) is 8.97. The van der Waals surface area contributed by atoms with Crippen molar-refractivity contribution in [2.75, 3.05) is 16.1 Å². The number of allylic oxidation sites excluding steroid dienone is 1. The van der Waals surface area contributed by atoms with Gasteiger partial charge in [-0.15, -0.1) is 0 Å². The minimum absolute atomic E-state index is 0.00867. The lowest BCUT2D eigenvalue weighted by Gasteiger charge is -2.18. The normalized spacial score (nSPS) is 13.3. The van der Waals surface area contributed by atoms with Crippen molar-refractivity contribution in [2.45, 2.75) is 0 Å². The molecule has 0 spiro atoms. The van der Waals surface area contributed by atoms with Crippen LogP contribution in [0.3, 0.4) is 0 Å². The highest BCUT2D eigenvalue weighted by Gasteiger charge is 2.28. The van der Waals surface area contributed by atoms with Gasteiger partial charge in [-0.25, -0.2) is 0 Å². The number of aromatic hydroxyl groups is 1. The van der Waals surface area contributed by atoms with E-state index >= 15 is 0 Å². The number of benzene rings is 4. The van der Waals surface area contributed by atoms with Crippen LogP contribution in [0.2, 0.25) is 5.02 Å². The number of halogens is 1. The van der Waals surface area contributed by atoms with Crippen LogP contribution in [-0.2, 0) is 4.79 Å². The van der Waals surface area contributed by atoms with Gasteiger partial charge in [0.15, 0.2) is 5.78 Å². The Morgan fingerprint density at radius 1 is 0.744 bits per heavy atom. The maximum Gasteiger partial charge on any atom is 0.259 e. The molecule has 0 aliphatic heterocycles. The van der Waals surface area contributed by atoms with Crippen LogP contribution in [0.1, 0.15) is 26.3 Å². The number of anilines is 3. The van der Waals surface area contributed by atoms with Crippen LogP contribution in [-0.4, -0.2) is 28.4 Å². The SMILES string of the molecule is O=C(Nc1cccc(NC(=O)c2ccccc2)c1)C1=CC(=NNc2ccc(O)cc2Cl)c2ccccc2C1=O. The van der Waals surface area contributed by atoms with Crippen molar-refractivity contribution in [3.8, 4) is 5.75 Å². The first kappa shape index (κ1) is 25.4. The number of hydrogen-bond acceptors (Lipinski definition) is 6. The first-order valence-corrected chi connectivity index (χ1v) is 12.2. The molecule has 0 saturated heterocycles. The standard InChI is InChI=1S/C30H21ClN4O4/c31-25-16-21(36)13-14-26(25)34-35-27-17-24(28(37)23-12-5-4-11-22(23)27)30(39)33-20-10-6-9-19(15-20)32-29(38)18-7-2-1-3-8-18/h1-17,34,36H,(H,32,38)(H,33,39). The van der Waals surface area contributed by atoms with Gasteiger partial charge in [-0.1, -0.05) is 60.1 Å². The van der Waals surface area contributed by atoms with E-state index < -0.39 is 11.7 Å². The number of rotatable bonds is 6. The van der Waals surface area contributed by atoms with Crippen LogP contribution in [0.15, 0.2) is 114 Å². The summed E-state index contributed by atoms with van der Waals surface area (Å²) in [5.41, 5.74) is 5.76. The highest BCUT2D eigenvalue weighted by Crippen LogP contribution is 2.28. The lowest BCUT2D eigenvalue weighted by Crippen LogP contribution is -2.27. The number of ketones is 1. The molecule has 4 aromatic rings. The molecule has 0 unspecified atom stereocenters. The van der Waals surface area contributed by atoms with Gasteiger partial charge in [0.25, 0.3) is 11.8 Å². The van der Waals surface area contributed by atoms with Gasteiger partial charge >= 0.3 is 0 Å². The fourth-order valence-electron chi connectivity index (χ4n) is 3.97. The van der Waals surface area contributed by atoms with E-state index in [1.165, 1.54) is 18.2 Å². The molecule has 4 aromatic carbocycles. The highest BCUT2D eigenvalue weighted by molar-refractivity contribution is 6.37. The van der Waals surface area contributed by atoms with Crippen molar-refractivity contribution in [1.82, 2.24) is 0 Å². The van der Waals surface area contributed by atoms with Crippen molar-refractivity contribution in [2.24, 2.45) is 5.10 Å². The number of carbonyl (C=O) groups excluding carboxylic acids is 3. The highest BCUT2D eigenvalue weighted by atomic mass is 35.5. The molecule has 0 radical (unpaired) electrons. The average molecular weight is 537 g/mol. The minimum atomic E-state index is -0.628. The summed E-state index contributed by atoms with van der Waals surface area (Å²) < 4.78 is 0. The molecule has 0 bridgehead atoms. The molecular weight excluding hydrogens is 516 g/mol. The Kier molecular flexibility index (Phi) is 7.20. The van der Waals surface area contributed by atoms with Gasteiger partial charge in [-0.05, 0) is 48.5 Å². The molecule has 0 fully saturated rings. The fraction of sp³-hybridized carbons (Fsp3) is 0. The Hall–Kier alpha value is -5.21. The average Bonchev–Trinajstić information content (AvgIpc) is 2.94. The van der Waals surface area contributed by atoms with Crippen LogP contribution in [0, 0.1) is 0 Å². The molecule has 1 aliphatic rings. The van der Waals surface area contributed by atoms with E-state index in [2.05, 4.69) is 21.2 Å². The van der Waals surface area contributed by atoms with E-state index in [0.29, 0.717) is 39.5 Å². The third-order valence-electron chi connectivity index (χ3n) is 5.88. The number of Topliss-reactive ketones (excluding diaryl/α,β-unsaturated/α-hetero) is 1. The number of nitrogens with zero attached hydrogens (tertiary/aromatic N) is 1. The predicted octanol–water partition coefficient (Wildman–Crippen LogP) is 5.88. The Bertz CT molecular complexity index is 1660. The summed E-state index contributed by atoms with van der Waals surface area (Å²) in [6.07, 6.45) is 1.41. The summed E-state index contributed by atoms with van der Waals surface area (Å²) in [6, 6.07) is 26.6. The van der Waals surface area contributed by atoms with E-state index in [9.17, 15) is 19.5 Å². The van der Waals surface area contributed by atoms with E-state index in [1.54, 1.807) is 78.9 Å². The molecule has 5 rings (SSSR count). The molecule has 2 amide bonds. The van der Waals surface area contributed by atoms with Crippen molar-refractivity contribution >= 4 is 52.0 Å². The van der Waals surface area contributed by atoms with Gasteiger partial charge in [0.05, 0.1) is 22.0 Å². The minimum Gasteiger partial charge on any atom is -0.508 e. The van der Waals surface area contributed by atoms with Gasteiger partial charge in [-0.3, -0.25) is 19.8 Å². The molecule has 1 aliphatic carbocycles. The molecule has 4 N–H and O–H groups in total. The topological polar surface area (TPSA) is 120 Å². The molecule has 192 valence electrons. The Labute approximate surface area is 228 Å². The summed E-state index contributed by atoms with van der Waals surface area (Å²) in [4.78, 5) is 39.0. The van der Waals surface area contributed by atoms with Gasteiger partial charge in [0.2, 0.25) is 0 Å². The first-order chi connectivity index (χ1) is 18.9. The number of carbonyl (C=O) groups is 3. The molecule has 0 aromatic heterocycles. The zero-order valence-electron chi connectivity index (χ0n) is 20.3. The summed E-state index contributed by atoms with van der Waals surface area (Å²) in [5, 5.41) is 19.7. The van der Waals surface area contributed by atoms with E-state index in [1.807, 2.05) is 6.07 Å². The summed E-state index contributed by atoms with van der Waals surface area (Å²) in [7, 11) is 0. The Morgan fingerprint density at radius 2 is 1.41 bits per heavy atom. The van der Waals surface area contributed by atoms with Crippen LogP contribution >= 0.6 is 11.6 Å². The van der Waals surface area contributed by atoms with Gasteiger partial charge < -0.3 is 15.7 Å². The number of phenols is 1. The molecule has 39 heavy (non-hydrogen) atoms. The number of fused-ring (bicyclic) bond motifs is 1. The molecule has 0 heterocycles. The monoisotopic (exact) mass is 536 g/mol. The zero-order valence-corrected chi connectivity index (χ0v) is 21.1. The van der Waals surface area contributed by atoms with Crippen molar-refractivity contribution < 1.29 is 19.5 Å². The van der Waals surface area contributed by atoms with E-state index in [0.717, 1.165) is 0 Å². The molecular formula is C30H21ClN4O4. The van der Waals surface area contributed by atoms with Crippen LogP contribution in [0.25, 0.3) is 0 Å². The molecule has 8 nitrogen and oxygen atoms in total. The summed E-state index contributed by atoms with van der Waals surface area (Å²) in [6.45, 7) is 0. The quantitative estimate of drug-likeness (QED) is 0.139. The third kappa shape index (κ3) is 5.71. The van der Waals surface area contributed by atoms with Crippen molar-refractivity contribution in [1.29, 1.82) is 0 Å². The third-order valence-corrected chi connectivity index (χ3v) is 6.19. The summed E-state index contributed by atoms with van der Waals surface area (Å²) in [5.74, 6) is -1.35. The smallest absolute Gasteiger partial charge is 0.259 e. The number of hydrogen-bond donors (Lipinski definition) is 4. The van der Waals surface area contributed by atoms with Gasteiger partial charge in [-0.2, -0.15) is 5.10 Å². The predicted molar refractivity (Wildman–Crippen MR) is 152 cm³/mol. The lowest BCUT2D eigenvalue weighted by molar-refractivity contribution is -0.112. The zero-order chi connectivity index (χ0) is 27.4. The maximum atomic E-state index is 13.2. The Balaban J connectivity index is 1.39. The van der Waals surface area contributed by atoms with Crippen LogP contribution < -0.4 is 16.1 Å². The van der Waals surface area contributed by atoms with Gasteiger partial charge in [0, 0.05) is 34.1 Å². The lowest BCUT2D eigenvalue weighted by atomic mass is 9.88.